The molecule has 0 aliphatic carbocycles. The maximum atomic E-state index is 12.6. The van der Waals surface area contributed by atoms with Crippen molar-refractivity contribution in [3.8, 4) is 11.3 Å². The van der Waals surface area contributed by atoms with Crippen LogP contribution in [-0.2, 0) is 0 Å². The predicted molar refractivity (Wildman–Crippen MR) is 106 cm³/mol. The summed E-state index contributed by atoms with van der Waals surface area (Å²) >= 11 is 1.31. The van der Waals surface area contributed by atoms with Crippen molar-refractivity contribution in [3.63, 3.8) is 0 Å². The van der Waals surface area contributed by atoms with Gasteiger partial charge in [-0.25, -0.2) is 9.97 Å². The Morgan fingerprint density at radius 1 is 1.07 bits per heavy atom. The van der Waals surface area contributed by atoms with Gasteiger partial charge in [0, 0.05) is 23.3 Å². The summed E-state index contributed by atoms with van der Waals surface area (Å²) < 4.78 is 1.38. The Bertz CT molecular complexity index is 1210. The highest BCUT2D eigenvalue weighted by Gasteiger charge is 2.15. The van der Waals surface area contributed by atoms with Crippen LogP contribution in [0.5, 0.6) is 0 Å². The van der Waals surface area contributed by atoms with Gasteiger partial charge in [-0.1, -0.05) is 35.9 Å². The average molecular weight is 376 g/mol. The molecule has 27 heavy (non-hydrogen) atoms. The highest BCUT2D eigenvalue weighted by atomic mass is 32.1. The zero-order valence-electron chi connectivity index (χ0n) is 14.8. The van der Waals surface area contributed by atoms with Crippen LogP contribution < -0.4 is 10.9 Å². The summed E-state index contributed by atoms with van der Waals surface area (Å²) in [7, 11) is 0. The van der Waals surface area contributed by atoms with E-state index in [1.165, 1.54) is 27.5 Å². The van der Waals surface area contributed by atoms with Crippen molar-refractivity contribution in [3.05, 3.63) is 81.2 Å². The smallest absolute Gasteiger partial charge is 0.270 e. The Morgan fingerprint density at radius 2 is 1.81 bits per heavy atom. The molecular weight excluding hydrogens is 360 g/mol. The van der Waals surface area contributed by atoms with Crippen LogP contribution in [0.4, 0.5) is 5.13 Å². The minimum absolute atomic E-state index is 0.0230. The minimum atomic E-state index is -0.520. The Labute approximate surface area is 159 Å². The van der Waals surface area contributed by atoms with Crippen LogP contribution in [0, 0.1) is 13.8 Å². The van der Waals surface area contributed by atoms with Crippen molar-refractivity contribution in [1.82, 2.24) is 14.4 Å². The molecule has 4 aromatic rings. The maximum Gasteiger partial charge on any atom is 0.270 e. The second kappa shape index (κ2) is 6.77. The molecule has 0 atom stereocenters. The summed E-state index contributed by atoms with van der Waals surface area (Å²) in [6.07, 6.45) is 2.97. The lowest BCUT2D eigenvalue weighted by Crippen LogP contribution is -2.26. The van der Waals surface area contributed by atoms with Gasteiger partial charge in [0.15, 0.2) is 5.13 Å². The molecule has 0 unspecified atom stereocenters. The number of thiazole rings is 1. The van der Waals surface area contributed by atoms with Gasteiger partial charge < -0.3 is 0 Å². The van der Waals surface area contributed by atoms with E-state index < -0.39 is 11.5 Å². The predicted octanol–water partition coefficient (Wildman–Crippen LogP) is 3.69. The van der Waals surface area contributed by atoms with Crippen LogP contribution in [0.3, 0.4) is 0 Å². The molecule has 0 radical (unpaired) electrons. The van der Waals surface area contributed by atoms with Crippen LogP contribution in [0.2, 0.25) is 0 Å². The number of aryl methyl sites for hydroxylation is 2. The third-order valence-corrected chi connectivity index (χ3v) is 4.92. The zero-order chi connectivity index (χ0) is 19.0. The molecule has 6 nitrogen and oxygen atoms in total. The van der Waals surface area contributed by atoms with Gasteiger partial charge in [0.2, 0.25) is 0 Å². The highest BCUT2D eigenvalue weighted by Crippen LogP contribution is 2.25. The first-order chi connectivity index (χ1) is 13.0. The summed E-state index contributed by atoms with van der Waals surface area (Å²) in [5, 5.41) is 5.00. The van der Waals surface area contributed by atoms with Gasteiger partial charge >= 0.3 is 0 Å². The highest BCUT2D eigenvalue weighted by molar-refractivity contribution is 7.14. The fourth-order valence-electron chi connectivity index (χ4n) is 2.69. The zero-order valence-corrected chi connectivity index (χ0v) is 15.6. The average Bonchev–Trinajstić information content (AvgIpc) is 3.11. The third kappa shape index (κ3) is 3.37. The number of fused-ring (bicyclic) bond motifs is 1. The van der Waals surface area contributed by atoms with E-state index in [9.17, 15) is 9.59 Å². The molecule has 3 heterocycles. The van der Waals surface area contributed by atoms with Gasteiger partial charge in [0.25, 0.3) is 11.5 Å². The summed E-state index contributed by atoms with van der Waals surface area (Å²) in [5.41, 5.74) is 3.90. The number of nitrogens with zero attached hydrogens (tertiary/aromatic N) is 3. The first-order valence-corrected chi connectivity index (χ1v) is 9.21. The second-order valence-electron chi connectivity index (χ2n) is 6.27. The molecule has 3 aromatic heterocycles. The Morgan fingerprint density at radius 3 is 2.59 bits per heavy atom. The molecule has 0 fully saturated rings. The van der Waals surface area contributed by atoms with E-state index in [0.717, 1.165) is 16.8 Å². The summed E-state index contributed by atoms with van der Waals surface area (Å²) in [6, 6.07) is 11.6. The largest absolute Gasteiger partial charge is 0.298 e. The van der Waals surface area contributed by atoms with Crippen molar-refractivity contribution in [2.24, 2.45) is 0 Å². The Kier molecular flexibility index (Phi) is 4.29. The topological polar surface area (TPSA) is 76.4 Å². The van der Waals surface area contributed by atoms with Crippen molar-refractivity contribution in [2.45, 2.75) is 13.8 Å². The van der Waals surface area contributed by atoms with Crippen molar-refractivity contribution in [1.29, 1.82) is 0 Å². The molecule has 0 saturated heterocycles. The first kappa shape index (κ1) is 17.1. The van der Waals surface area contributed by atoms with Crippen LogP contribution in [-0.4, -0.2) is 20.3 Å². The fourth-order valence-corrected chi connectivity index (χ4v) is 3.41. The van der Waals surface area contributed by atoms with Gasteiger partial charge in [0.1, 0.15) is 11.2 Å². The molecule has 134 valence electrons. The van der Waals surface area contributed by atoms with Gasteiger partial charge in [-0.2, -0.15) is 0 Å². The number of aromatic nitrogens is 3. The number of carbonyl (C=O) groups excluding carboxylic acids is 1. The van der Waals surface area contributed by atoms with Crippen LogP contribution >= 0.6 is 11.3 Å². The van der Waals surface area contributed by atoms with E-state index in [2.05, 4.69) is 15.3 Å². The number of rotatable bonds is 3. The van der Waals surface area contributed by atoms with E-state index in [-0.39, 0.29) is 5.56 Å². The molecule has 7 heteroatoms. The molecule has 0 bridgehead atoms. The Balaban J connectivity index is 1.61. The summed E-state index contributed by atoms with van der Waals surface area (Å²) in [4.78, 5) is 33.8. The number of anilines is 1. The standard InChI is InChI=1S/C20H16N4O2S/c1-12-3-6-14(7-4-12)16-11-27-20(22-16)23-18(25)15-9-21-17-8-5-13(2)10-24(17)19(15)26/h3-11H,1-2H3,(H,22,23,25). The molecule has 1 aromatic carbocycles. The van der Waals surface area contributed by atoms with Crippen molar-refractivity contribution >= 4 is 28.0 Å². The van der Waals surface area contributed by atoms with Crippen molar-refractivity contribution < 1.29 is 4.79 Å². The van der Waals surface area contributed by atoms with Gasteiger partial charge in [-0.3, -0.25) is 19.3 Å². The van der Waals surface area contributed by atoms with E-state index in [0.29, 0.717) is 10.8 Å². The SMILES string of the molecule is Cc1ccc(-c2csc(NC(=O)c3cnc4ccc(C)cn4c3=O)n2)cc1. The molecule has 4 rings (SSSR count). The maximum absolute atomic E-state index is 12.6. The summed E-state index contributed by atoms with van der Waals surface area (Å²) in [6.45, 7) is 3.90. The first-order valence-electron chi connectivity index (χ1n) is 8.33. The molecule has 0 spiro atoms. The van der Waals surface area contributed by atoms with Gasteiger partial charge in [-0.15, -0.1) is 11.3 Å². The third-order valence-electron chi connectivity index (χ3n) is 4.17. The lowest BCUT2D eigenvalue weighted by atomic mass is 10.1. The van der Waals surface area contributed by atoms with E-state index in [1.807, 2.05) is 49.6 Å². The molecular formula is C20H16N4O2S. The molecule has 1 N–H and O–H groups in total. The second-order valence-corrected chi connectivity index (χ2v) is 7.13. The quantitative estimate of drug-likeness (QED) is 0.592. The number of hydrogen-bond donors (Lipinski definition) is 1. The van der Waals surface area contributed by atoms with Crippen molar-refractivity contribution in [2.75, 3.05) is 5.32 Å². The lowest BCUT2D eigenvalue weighted by Gasteiger charge is -2.05. The number of benzene rings is 1. The number of pyridine rings is 1. The molecule has 0 saturated carbocycles. The molecule has 0 aliphatic rings. The van der Waals surface area contributed by atoms with E-state index in [4.69, 9.17) is 0 Å². The van der Waals surface area contributed by atoms with Crippen LogP contribution in [0.15, 0.2) is 59.0 Å². The van der Waals surface area contributed by atoms with Crippen LogP contribution in [0.1, 0.15) is 21.5 Å². The monoisotopic (exact) mass is 376 g/mol. The summed E-state index contributed by atoms with van der Waals surface area (Å²) in [5.74, 6) is -0.520. The van der Waals surface area contributed by atoms with Crippen LogP contribution in [0.25, 0.3) is 16.9 Å². The normalized spacial score (nSPS) is 10.9. The molecule has 0 aliphatic heterocycles. The number of amides is 1. The Hall–Kier alpha value is -3.32. The molecule has 1 amide bonds. The van der Waals surface area contributed by atoms with E-state index in [1.54, 1.807) is 12.3 Å². The fraction of sp³-hybridized carbons (Fsp3) is 0.100. The number of carbonyl (C=O) groups is 1. The number of hydrogen-bond acceptors (Lipinski definition) is 5. The minimum Gasteiger partial charge on any atom is -0.298 e. The van der Waals surface area contributed by atoms with E-state index >= 15 is 0 Å². The lowest BCUT2D eigenvalue weighted by molar-refractivity contribution is 0.102. The number of nitrogens with one attached hydrogen (secondary N) is 1. The van der Waals surface area contributed by atoms with Gasteiger partial charge in [0.05, 0.1) is 5.69 Å². The van der Waals surface area contributed by atoms with Gasteiger partial charge in [-0.05, 0) is 25.5 Å².